The number of aliphatic imine (C=N–C) groups is 1. The van der Waals surface area contributed by atoms with Crippen LogP contribution in [0, 0.1) is 0 Å². The van der Waals surface area contributed by atoms with E-state index < -0.39 is 0 Å². The second kappa shape index (κ2) is 12.2. The monoisotopic (exact) mass is 431 g/mol. The molecule has 2 aromatic carbocycles. The molecule has 0 bridgehead atoms. The summed E-state index contributed by atoms with van der Waals surface area (Å²) in [5, 5.41) is 0. The summed E-state index contributed by atoms with van der Waals surface area (Å²) in [7, 11) is 0. The van der Waals surface area contributed by atoms with Gasteiger partial charge in [-0.05, 0) is 62.1 Å². The Hall–Kier alpha value is -2.72. The zero-order valence-corrected chi connectivity index (χ0v) is 18.9. The van der Waals surface area contributed by atoms with E-state index in [0.717, 1.165) is 43.4 Å². The van der Waals surface area contributed by atoms with E-state index in [0.29, 0.717) is 23.3 Å². The van der Waals surface area contributed by atoms with Crippen molar-refractivity contribution in [3.05, 3.63) is 88.9 Å². The first-order chi connectivity index (χ1) is 15.2. The number of benzene rings is 2. The molecule has 1 aliphatic carbocycles. The van der Waals surface area contributed by atoms with Gasteiger partial charge in [0.2, 0.25) is 5.78 Å². The first kappa shape index (κ1) is 23.0. The Kier molecular flexibility index (Phi) is 9.04. The highest BCUT2D eigenvalue weighted by Gasteiger charge is 2.17. The number of thioether (sulfide) groups is 1. The van der Waals surface area contributed by atoms with Gasteiger partial charge in [0.25, 0.3) is 5.91 Å². The molecule has 1 aliphatic rings. The average Bonchev–Trinajstić information content (AvgIpc) is 2.82. The number of amides is 1. The summed E-state index contributed by atoms with van der Waals surface area (Å²) in [5.74, 6) is -0.517. The summed E-state index contributed by atoms with van der Waals surface area (Å²) < 4.78 is 0. The maximum atomic E-state index is 13.2. The molecule has 0 radical (unpaired) electrons. The maximum Gasteiger partial charge on any atom is 0.277 e. The van der Waals surface area contributed by atoms with Crippen molar-refractivity contribution in [1.29, 1.82) is 0 Å². The van der Waals surface area contributed by atoms with Crippen LogP contribution in [-0.2, 0) is 0 Å². The molecule has 0 saturated carbocycles. The van der Waals surface area contributed by atoms with E-state index in [-0.39, 0.29) is 11.7 Å². The summed E-state index contributed by atoms with van der Waals surface area (Å²) in [6.45, 7) is 2.15. The van der Waals surface area contributed by atoms with Crippen LogP contribution in [0.1, 0.15) is 72.6 Å². The van der Waals surface area contributed by atoms with E-state index in [1.807, 2.05) is 30.3 Å². The van der Waals surface area contributed by atoms with Crippen LogP contribution in [0.25, 0.3) is 0 Å². The van der Waals surface area contributed by atoms with E-state index in [1.165, 1.54) is 4.91 Å². The molecule has 0 saturated heterocycles. The lowest BCUT2D eigenvalue weighted by Gasteiger charge is -2.09. The number of nitrogens with zero attached hydrogens (tertiary/aromatic N) is 1. The molecular weight excluding hydrogens is 402 g/mol. The van der Waals surface area contributed by atoms with Crippen molar-refractivity contribution < 1.29 is 9.59 Å². The minimum Gasteiger partial charge on any atom is -0.287 e. The fourth-order valence-corrected chi connectivity index (χ4v) is 4.26. The lowest BCUT2D eigenvalue weighted by Crippen LogP contribution is -2.17. The summed E-state index contributed by atoms with van der Waals surface area (Å²) in [6.07, 6.45) is 13.4. The molecule has 2 aromatic rings. The fourth-order valence-electron chi connectivity index (χ4n) is 3.35. The van der Waals surface area contributed by atoms with Crippen molar-refractivity contribution in [2.45, 2.75) is 56.8 Å². The molecule has 31 heavy (non-hydrogen) atoms. The Balaban J connectivity index is 1.75. The standard InChI is InChI=1S/C27H29NO2S/c1-2-3-4-11-16-25(28-27(30)22-12-7-5-8-13-22)26(29)21-17-19-24(20-18-21)31-23-14-9-6-10-15-23/h5,7-9,12-15,17-20H,2-4,6,10-11,16H2,1H3. The number of Topliss-reactive ketones (excluding diaryl/α,β-unsaturated/α-hetero) is 1. The molecule has 0 heterocycles. The Bertz CT molecular complexity index is 972. The molecule has 0 N–H and O–H groups in total. The van der Waals surface area contributed by atoms with Gasteiger partial charge >= 0.3 is 0 Å². The van der Waals surface area contributed by atoms with Gasteiger partial charge in [0.15, 0.2) is 0 Å². The Morgan fingerprint density at radius 2 is 1.68 bits per heavy atom. The lowest BCUT2D eigenvalue weighted by atomic mass is 10.0. The van der Waals surface area contributed by atoms with Gasteiger partial charge in [0.05, 0.1) is 5.71 Å². The fraction of sp³-hybridized carbons (Fsp3) is 0.296. The summed E-state index contributed by atoms with van der Waals surface area (Å²) in [6, 6.07) is 16.5. The third-order valence-electron chi connectivity index (χ3n) is 5.10. The van der Waals surface area contributed by atoms with E-state index in [4.69, 9.17) is 0 Å². The number of ketones is 1. The Morgan fingerprint density at radius 3 is 2.35 bits per heavy atom. The molecule has 0 fully saturated rings. The molecule has 0 aromatic heterocycles. The summed E-state index contributed by atoms with van der Waals surface area (Å²) in [4.78, 5) is 32.3. The third kappa shape index (κ3) is 7.18. The summed E-state index contributed by atoms with van der Waals surface area (Å²) >= 11 is 1.70. The van der Waals surface area contributed by atoms with Crippen molar-refractivity contribution in [3.63, 3.8) is 0 Å². The van der Waals surface area contributed by atoms with E-state index in [9.17, 15) is 9.59 Å². The van der Waals surface area contributed by atoms with Gasteiger partial charge in [-0.3, -0.25) is 9.59 Å². The van der Waals surface area contributed by atoms with Gasteiger partial charge in [0.1, 0.15) is 0 Å². The molecule has 0 aliphatic heterocycles. The number of carbonyl (C=O) groups excluding carboxylic acids is 2. The average molecular weight is 432 g/mol. The maximum absolute atomic E-state index is 13.2. The second-order valence-electron chi connectivity index (χ2n) is 7.58. The molecule has 0 spiro atoms. The molecular formula is C27H29NO2S. The van der Waals surface area contributed by atoms with Crippen molar-refractivity contribution in [3.8, 4) is 0 Å². The van der Waals surface area contributed by atoms with Gasteiger partial charge in [-0.15, -0.1) is 0 Å². The second-order valence-corrected chi connectivity index (χ2v) is 8.73. The van der Waals surface area contributed by atoms with Crippen LogP contribution in [0.5, 0.6) is 0 Å². The SMILES string of the molecule is CCCCCCC(=NC(=O)c1ccccc1)C(=O)c1ccc(SC2=CCCC=C2)cc1. The largest absolute Gasteiger partial charge is 0.287 e. The van der Waals surface area contributed by atoms with E-state index in [2.05, 4.69) is 30.1 Å². The van der Waals surface area contributed by atoms with Crippen LogP contribution < -0.4 is 0 Å². The number of hydrogen-bond donors (Lipinski definition) is 0. The highest BCUT2D eigenvalue weighted by Crippen LogP contribution is 2.30. The molecule has 3 nitrogen and oxygen atoms in total. The smallest absolute Gasteiger partial charge is 0.277 e. The topological polar surface area (TPSA) is 46.5 Å². The van der Waals surface area contributed by atoms with Crippen molar-refractivity contribution in [2.24, 2.45) is 4.99 Å². The zero-order chi connectivity index (χ0) is 21.9. The highest BCUT2D eigenvalue weighted by atomic mass is 32.2. The first-order valence-corrected chi connectivity index (χ1v) is 11.9. The van der Waals surface area contributed by atoms with Gasteiger partial charge in [-0.2, -0.15) is 0 Å². The van der Waals surface area contributed by atoms with Crippen molar-refractivity contribution in [1.82, 2.24) is 0 Å². The predicted molar refractivity (Wildman–Crippen MR) is 130 cm³/mol. The van der Waals surface area contributed by atoms with Crippen LogP contribution >= 0.6 is 11.8 Å². The number of allylic oxidation sites excluding steroid dienone is 3. The first-order valence-electron chi connectivity index (χ1n) is 11.0. The van der Waals surface area contributed by atoms with Gasteiger partial charge in [-0.1, -0.05) is 74.4 Å². The molecule has 0 atom stereocenters. The van der Waals surface area contributed by atoms with Gasteiger partial charge in [0, 0.05) is 20.9 Å². The molecule has 0 unspecified atom stereocenters. The summed E-state index contributed by atoms with van der Waals surface area (Å²) in [5.41, 5.74) is 1.43. The van der Waals surface area contributed by atoms with Gasteiger partial charge in [-0.25, -0.2) is 4.99 Å². The van der Waals surface area contributed by atoms with Gasteiger partial charge < -0.3 is 0 Å². The lowest BCUT2D eigenvalue weighted by molar-refractivity contribution is 0.0991. The predicted octanol–water partition coefficient (Wildman–Crippen LogP) is 7.45. The van der Waals surface area contributed by atoms with Crippen molar-refractivity contribution >= 4 is 29.2 Å². The van der Waals surface area contributed by atoms with Crippen LogP contribution in [-0.4, -0.2) is 17.4 Å². The van der Waals surface area contributed by atoms with Crippen LogP contribution in [0.2, 0.25) is 0 Å². The number of unbranched alkanes of at least 4 members (excludes halogenated alkanes) is 3. The number of rotatable bonds is 10. The quantitative estimate of drug-likeness (QED) is 0.223. The zero-order valence-electron chi connectivity index (χ0n) is 18.0. The minimum atomic E-state index is -0.359. The molecule has 1 amide bonds. The third-order valence-corrected chi connectivity index (χ3v) is 6.15. The molecule has 160 valence electrons. The van der Waals surface area contributed by atoms with Crippen molar-refractivity contribution in [2.75, 3.05) is 0 Å². The van der Waals surface area contributed by atoms with Crippen LogP contribution in [0.3, 0.4) is 0 Å². The normalized spacial score (nSPS) is 13.7. The van der Waals surface area contributed by atoms with Crippen LogP contribution in [0.4, 0.5) is 0 Å². The Morgan fingerprint density at radius 1 is 0.903 bits per heavy atom. The van der Waals surface area contributed by atoms with Crippen LogP contribution in [0.15, 0.2) is 87.6 Å². The molecule has 4 heteroatoms. The highest BCUT2D eigenvalue weighted by molar-refractivity contribution is 8.03. The molecule has 3 rings (SSSR count). The Labute approximate surface area is 189 Å². The van der Waals surface area contributed by atoms with E-state index in [1.54, 1.807) is 36.0 Å². The number of carbonyl (C=O) groups is 2. The minimum absolute atomic E-state index is 0.158. The number of hydrogen-bond acceptors (Lipinski definition) is 3. The van der Waals surface area contributed by atoms with E-state index >= 15 is 0 Å².